The maximum Gasteiger partial charge on any atom is 0.243 e. The number of nitrogens with one attached hydrogen (secondary N) is 1. The number of hydrazone groups is 1. The molecule has 186 valence electrons. The average Bonchev–Trinajstić information content (AvgIpc) is 3.30. The first-order chi connectivity index (χ1) is 16.8. The van der Waals surface area contributed by atoms with E-state index in [1.165, 1.54) is 11.3 Å². The summed E-state index contributed by atoms with van der Waals surface area (Å²) in [6.07, 6.45) is 2.65. The lowest BCUT2D eigenvalue weighted by Gasteiger charge is -2.34. The minimum atomic E-state index is -3.57. The Bertz CT molecular complexity index is 1300. The third-order valence-corrected chi connectivity index (χ3v) is 8.34. The first kappa shape index (κ1) is 25.2. The summed E-state index contributed by atoms with van der Waals surface area (Å²) in [7, 11) is -3.57. The number of phenolic OH excluding ortho intramolecular Hbond substituents is 1. The molecule has 0 spiro atoms. The van der Waals surface area contributed by atoms with E-state index in [0.29, 0.717) is 48.1 Å². The number of nitrogens with zero attached hydrogens (tertiary/aromatic N) is 3. The zero-order valence-corrected chi connectivity index (χ0v) is 21.6. The quantitative estimate of drug-likeness (QED) is 0.323. The number of aromatic hydroxyl groups is 1. The number of rotatable bonds is 8. The van der Waals surface area contributed by atoms with Crippen LogP contribution in [-0.2, 0) is 10.0 Å². The molecule has 0 amide bonds. The largest absolute Gasteiger partial charge is 0.504 e. The first-order valence-electron chi connectivity index (χ1n) is 11.6. The number of piperidine rings is 1. The zero-order valence-electron chi connectivity index (χ0n) is 20.0. The van der Waals surface area contributed by atoms with Crippen molar-refractivity contribution in [3.05, 3.63) is 53.4 Å². The lowest BCUT2D eigenvalue weighted by molar-refractivity contribution is 0.222. The maximum atomic E-state index is 13.3. The molecule has 0 saturated carbocycles. The average molecular weight is 515 g/mol. The van der Waals surface area contributed by atoms with E-state index < -0.39 is 10.0 Å². The predicted octanol–water partition coefficient (Wildman–Crippen LogP) is 5.03. The van der Waals surface area contributed by atoms with Gasteiger partial charge in [0.25, 0.3) is 0 Å². The summed E-state index contributed by atoms with van der Waals surface area (Å²) in [6.45, 7) is 7.59. The van der Waals surface area contributed by atoms with Gasteiger partial charge in [0.05, 0.1) is 23.4 Å². The molecule has 2 heterocycles. The highest BCUT2D eigenvalue weighted by Crippen LogP contribution is 2.30. The topological polar surface area (TPSA) is 104 Å². The molecule has 10 heteroatoms. The fourth-order valence-electron chi connectivity index (χ4n) is 4.27. The Kier molecular flexibility index (Phi) is 7.73. The van der Waals surface area contributed by atoms with Crippen LogP contribution in [0.2, 0.25) is 0 Å². The molecule has 0 aliphatic carbocycles. The Morgan fingerprint density at radius 2 is 2.00 bits per heavy atom. The summed E-state index contributed by atoms with van der Waals surface area (Å²) in [6, 6.07) is 11.9. The van der Waals surface area contributed by atoms with Crippen LogP contribution in [0.5, 0.6) is 11.5 Å². The van der Waals surface area contributed by atoms with E-state index >= 15 is 0 Å². The van der Waals surface area contributed by atoms with E-state index in [2.05, 4.69) is 29.4 Å². The number of sulfonamides is 1. The number of hydrogen-bond donors (Lipinski definition) is 2. The fourth-order valence-corrected chi connectivity index (χ4v) is 6.66. The molecule has 2 aromatic carbocycles. The van der Waals surface area contributed by atoms with Crippen molar-refractivity contribution in [3.63, 3.8) is 0 Å². The number of aromatic nitrogens is 1. The molecule has 3 aromatic rings. The van der Waals surface area contributed by atoms with Crippen molar-refractivity contribution >= 4 is 32.7 Å². The van der Waals surface area contributed by atoms with E-state index in [4.69, 9.17) is 4.74 Å². The van der Waals surface area contributed by atoms with E-state index in [0.717, 1.165) is 17.5 Å². The van der Waals surface area contributed by atoms with Gasteiger partial charge in [-0.15, -0.1) is 11.3 Å². The third kappa shape index (κ3) is 6.01. The highest BCUT2D eigenvalue weighted by Gasteiger charge is 2.31. The maximum absolute atomic E-state index is 13.3. The molecule has 1 aliphatic heterocycles. The molecule has 35 heavy (non-hydrogen) atoms. The fraction of sp³-hybridized carbons (Fsp3) is 0.360. The summed E-state index contributed by atoms with van der Waals surface area (Å²) in [5, 5.41) is 16.5. The number of hydrogen-bond acceptors (Lipinski definition) is 8. The van der Waals surface area contributed by atoms with Crippen molar-refractivity contribution in [2.75, 3.05) is 25.1 Å². The summed E-state index contributed by atoms with van der Waals surface area (Å²) in [5.41, 5.74) is 5.07. The van der Waals surface area contributed by atoms with Crippen LogP contribution in [0, 0.1) is 11.8 Å². The highest BCUT2D eigenvalue weighted by molar-refractivity contribution is 7.89. The third-order valence-electron chi connectivity index (χ3n) is 5.76. The highest BCUT2D eigenvalue weighted by atomic mass is 32.2. The van der Waals surface area contributed by atoms with Gasteiger partial charge in [-0.05, 0) is 61.1 Å². The number of benzene rings is 2. The molecule has 4 rings (SSSR count). The summed E-state index contributed by atoms with van der Waals surface area (Å²) < 4.78 is 33.6. The standard InChI is InChI=1S/C25H30N4O4S2/c1-4-33-24-11-19(8-9-23(24)30)13-26-28-25-27-22(16-34-25)20-6-5-7-21(12-20)35(31,32)29-14-17(2)10-18(3)15-29/h5-9,11-13,16-18,30H,4,10,14-15H2,1-3H3,(H,27,28)/b26-13+. The predicted molar refractivity (Wildman–Crippen MR) is 140 cm³/mol. The van der Waals surface area contributed by atoms with Gasteiger partial charge in [-0.1, -0.05) is 26.0 Å². The van der Waals surface area contributed by atoms with Crippen LogP contribution in [0.3, 0.4) is 0 Å². The van der Waals surface area contributed by atoms with Gasteiger partial charge < -0.3 is 9.84 Å². The van der Waals surface area contributed by atoms with Gasteiger partial charge in [0.1, 0.15) is 0 Å². The van der Waals surface area contributed by atoms with Crippen LogP contribution in [-0.4, -0.2) is 48.7 Å². The number of ether oxygens (including phenoxy) is 1. The minimum absolute atomic E-state index is 0.0788. The second-order valence-electron chi connectivity index (χ2n) is 8.86. The van der Waals surface area contributed by atoms with Crippen molar-refractivity contribution in [3.8, 4) is 22.8 Å². The van der Waals surface area contributed by atoms with Gasteiger partial charge in [0.15, 0.2) is 11.5 Å². The summed E-state index contributed by atoms with van der Waals surface area (Å²) in [5.74, 6) is 1.17. The molecule has 2 N–H and O–H groups in total. The van der Waals surface area contributed by atoms with E-state index in [1.807, 2.05) is 18.4 Å². The Morgan fingerprint density at radius 1 is 1.23 bits per heavy atom. The van der Waals surface area contributed by atoms with Crippen molar-refractivity contribution in [2.24, 2.45) is 16.9 Å². The van der Waals surface area contributed by atoms with Gasteiger partial charge in [-0.2, -0.15) is 9.41 Å². The molecule has 1 aromatic heterocycles. The van der Waals surface area contributed by atoms with Crippen LogP contribution >= 0.6 is 11.3 Å². The molecule has 1 aliphatic rings. The van der Waals surface area contributed by atoms with E-state index in [-0.39, 0.29) is 10.6 Å². The molecule has 1 saturated heterocycles. The van der Waals surface area contributed by atoms with Gasteiger partial charge in [0, 0.05) is 24.0 Å². The molecule has 0 bridgehead atoms. The van der Waals surface area contributed by atoms with E-state index in [9.17, 15) is 13.5 Å². The lowest BCUT2D eigenvalue weighted by Crippen LogP contribution is -2.42. The molecular weight excluding hydrogens is 484 g/mol. The van der Waals surface area contributed by atoms with Crippen LogP contribution in [0.1, 0.15) is 32.8 Å². The minimum Gasteiger partial charge on any atom is -0.504 e. The van der Waals surface area contributed by atoms with Crippen LogP contribution in [0.15, 0.2) is 57.8 Å². The second-order valence-corrected chi connectivity index (χ2v) is 11.7. The molecule has 0 radical (unpaired) electrons. The lowest BCUT2D eigenvalue weighted by atomic mass is 9.94. The Labute approximate surface area is 210 Å². The van der Waals surface area contributed by atoms with Gasteiger partial charge in [-0.25, -0.2) is 13.4 Å². The number of phenols is 1. The first-order valence-corrected chi connectivity index (χ1v) is 13.9. The van der Waals surface area contributed by atoms with Crippen molar-refractivity contribution in [1.82, 2.24) is 9.29 Å². The van der Waals surface area contributed by atoms with Crippen LogP contribution < -0.4 is 10.2 Å². The molecular formula is C25H30N4O4S2. The van der Waals surface area contributed by atoms with Crippen LogP contribution in [0.4, 0.5) is 5.13 Å². The monoisotopic (exact) mass is 514 g/mol. The van der Waals surface area contributed by atoms with Gasteiger partial charge >= 0.3 is 0 Å². The normalized spacial score (nSPS) is 19.2. The van der Waals surface area contributed by atoms with Gasteiger partial charge in [-0.3, -0.25) is 5.43 Å². The van der Waals surface area contributed by atoms with E-state index in [1.54, 1.807) is 46.9 Å². The van der Waals surface area contributed by atoms with Crippen molar-refractivity contribution in [1.29, 1.82) is 0 Å². The Balaban J connectivity index is 1.47. The summed E-state index contributed by atoms with van der Waals surface area (Å²) >= 11 is 1.37. The SMILES string of the molecule is CCOc1cc(/C=N/Nc2nc(-c3cccc(S(=O)(=O)N4CC(C)CC(C)C4)c3)cs2)ccc1O. The second kappa shape index (κ2) is 10.8. The van der Waals surface area contributed by atoms with Crippen molar-refractivity contribution < 1.29 is 18.3 Å². The van der Waals surface area contributed by atoms with Gasteiger partial charge in [0.2, 0.25) is 15.2 Å². The molecule has 8 nitrogen and oxygen atoms in total. The number of anilines is 1. The molecule has 1 fully saturated rings. The Hall–Kier alpha value is -2.95. The smallest absolute Gasteiger partial charge is 0.243 e. The van der Waals surface area contributed by atoms with Crippen LogP contribution in [0.25, 0.3) is 11.3 Å². The molecule has 2 atom stereocenters. The summed E-state index contributed by atoms with van der Waals surface area (Å²) in [4.78, 5) is 4.84. The Morgan fingerprint density at radius 3 is 2.74 bits per heavy atom. The van der Waals surface area contributed by atoms with Crippen molar-refractivity contribution in [2.45, 2.75) is 32.1 Å². The molecule has 2 unspecified atom stereocenters. The number of thiazole rings is 1. The zero-order chi connectivity index (χ0) is 25.0.